The largest absolute Gasteiger partial charge is 0.482 e. The van der Waals surface area contributed by atoms with Gasteiger partial charge < -0.3 is 14.6 Å². The third kappa shape index (κ3) is 5.01. The van der Waals surface area contributed by atoms with Crippen LogP contribution in [-0.2, 0) is 20.7 Å². The molecule has 0 saturated heterocycles. The highest BCUT2D eigenvalue weighted by atomic mass is 16.5. The molecule has 5 heteroatoms. The molecule has 17 heavy (non-hydrogen) atoms. The number of hydrogen-bond acceptors (Lipinski definition) is 4. The van der Waals surface area contributed by atoms with Gasteiger partial charge in [-0.05, 0) is 24.1 Å². The van der Waals surface area contributed by atoms with Crippen molar-refractivity contribution >= 4 is 11.9 Å². The van der Waals surface area contributed by atoms with Crippen LogP contribution in [0.25, 0.3) is 0 Å². The zero-order valence-corrected chi connectivity index (χ0v) is 9.51. The third-order valence-corrected chi connectivity index (χ3v) is 2.13. The first-order valence-corrected chi connectivity index (χ1v) is 5.12. The Kier molecular flexibility index (Phi) is 5.00. The fourth-order valence-electron chi connectivity index (χ4n) is 1.25. The molecule has 0 amide bonds. The molecule has 0 atom stereocenters. The van der Waals surface area contributed by atoms with Crippen LogP contribution in [0.15, 0.2) is 24.3 Å². The lowest BCUT2D eigenvalue weighted by molar-refractivity contribution is -0.141. The van der Waals surface area contributed by atoms with E-state index in [4.69, 9.17) is 9.84 Å². The Bertz CT molecular complexity index is 382. The van der Waals surface area contributed by atoms with E-state index in [0.717, 1.165) is 5.56 Å². The van der Waals surface area contributed by atoms with Crippen LogP contribution in [0, 0.1) is 0 Å². The molecule has 1 aromatic rings. The quantitative estimate of drug-likeness (QED) is 0.755. The van der Waals surface area contributed by atoms with E-state index in [-0.39, 0.29) is 12.6 Å². The number of esters is 1. The van der Waals surface area contributed by atoms with Gasteiger partial charge in [-0.3, -0.25) is 4.79 Å². The summed E-state index contributed by atoms with van der Waals surface area (Å²) in [5, 5.41) is 8.43. The first kappa shape index (κ1) is 13.0. The van der Waals surface area contributed by atoms with Crippen molar-refractivity contribution in [2.75, 3.05) is 13.7 Å². The molecule has 0 aliphatic rings. The van der Waals surface area contributed by atoms with Gasteiger partial charge >= 0.3 is 11.9 Å². The highest BCUT2D eigenvalue weighted by Gasteiger charge is 2.02. The van der Waals surface area contributed by atoms with Gasteiger partial charge in [0.05, 0.1) is 7.11 Å². The SMILES string of the molecule is COC(=O)CCc1ccc(OCC(=O)O)cc1. The van der Waals surface area contributed by atoms with Crippen LogP contribution in [-0.4, -0.2) is 30.8 Å². The van der Waals surface area contributed by atoms with E-state index >= 15 is 0 Å². The van der Waals surface area contributed by atoms with Crippen molar-refractivity contribution in [2.24, 2.45) is 0 Å². The lowest BCUT2D eigenvalue weighted by Crippen LogP contribution is -2.09. The summed E-state index contributed by atoms with van der Waals surface area (Å²) in [4.78, 5) is 21.2. The van der Waals surface area contributed by atoms with Gasteiger partial charge in [0.25, 0.3) is 0 Å². The Morgan fingerprint density at radius 1 is 1.24 bits per heavy atom. The van der Waals surface area contributed by atoms with E-state index in [1.54, 1.807) is 24.3 Å². The number of carbonyl (C=O) groups is 2. The number of methoxy groups -OCH3 is 1. The fraction of sp³-hybridized carbons (Fsp3) is 0.333. The van der Waals surface area contributed by atoms with Crippen molar-refractivity contribution in [2.45, 2.75) is 12.8 Å². The monoisotopic (exact) mass is 238 g/mol. The van der Waals surface area contributed by atoms with Crippen LogP contribution < -0.4 is 4.74 Å². The maximum Gasteiger partial charge on any atom is 0.341 e. The van der Waals surface area contributed by atoms with Gasteiger partial charge in [-0.2, -0.15) is 0 Å². The van der Waals surface area contributed by atoms with Crippen LogP contribution in [0.5, 0.6) is 5.75 Å². The van der Waals surface area contributed by atoms with Crippen molar-refractivity contribution in [1.82, 2.24) is 0 Å². The second-order valence-electron chi connectivity index (χ2n) is 3.40. The first-order chi connectivity index (χ1) is 8.11. The number of benzene rings is 1. The van der Waals surface area contributed by atoms with E-state index in [0.29, 0.717) is 18.6 Å². The highest BCUT2D eigenvalue weighted by Crippen LogP contribution is 2.13. The summed E-state index contributed by atoms with van der Waals surface area (Å²) in [7, 11) is 1.35. The van der Waals surface area contributed by atoms with Crippen molar-refractivity contribution in [3.05, 3.63) is 29.8 Å². The van der Waals surface area contributed by atoms with Crippen molar-refractivity contribution in [1.29, 1.82) is 0 Å². The number of hydrogen-bond donors (Lipinski definition) is 1. The molecule has 1 N–H and O–H groups in total. The minimum atomic E-state index is -1.01. The third-order valence-electron chi connectivity index (χ3n) is 2.13. The lowest BCUT2D eigenvalue weighted by Gasteiger charge is -2.04. The van der Waals surface area contributed by atoms with Crippen LogP contribution >= 0.6 is 0 Å². The molecule has 1 rings (SSSR count). The number of carboxylic acid groups (broad SMARTS) is 1. The molecule has 0 fully saturated rings. The van der Waals surface area contributed by atoms with Gasteiger partial charge in [0.2, 0.25) is 0 Å². The van der Waals surface area contributed by atoms with E-state index in [9.17, 15) is 9.59 Å². The van der Waals surface area contributed by atoms with Gasteiger partial charge in [-0.1, -0.05) is 12.1 Å². The topological polar surface area (TPSA) is 72.8 Å². The fourth-order valence-corrected chi connectivity index (χ4v) is 1.25. The van der Waals surface area contributed by atoms with Crippen LogP contribution in [0.4, 0.5) is 0 Å². The Labute approximate surface area is 99.0 Å². The molecule has 0 unspecified atom stereocenters. The molecule has 0 bridgehead atoms. The second-order valence-corrected chi connectivity index (χ2v) is 3.40. The number of rotatable bonds is 6. The molecule has 1 aromatic carbocycles. The smallest absolute Gasteiger partial charge is 0.341 e. The summed E-state index contributed by atoms with van der Waals surface area (Å²) < 4.78 is 9.51. The minimum absolute atomic E-state index is 0.254. The van der Waals surface area contributed by atoms with E-state index in [1.807, 2.05) is 0 Å². The molecule has 0 aliphatic carbocycles. The van der Waals surface area contributed by atoms with Crippen LogP contribution in [0.1, 0.15) is 12.0 Å². The summed E-state index contributed by atoms with van der Waals surface area (Å²) in [5.74, 6) is -0.773. The van der Waals surface area contributed by atoms with Crippen molar-refractivity contribution < 1.29 is 24.2 Å². The Hall–Kier alpha value is -2.04. The Morgan fingerprint density at radius 2 is 1.88 bits per heavy atom. The molecule has 0 radical (unpaired) electrons. The maximum absolute atomic E-state index is 10.9. The maximum atomic E-state index is 10.9. The zero-order chi connectivity index (χ0) is 12.7. The molecule has 0 aliphatic heterocycles. The number of aryl methyl sites for hydroxylation is 1. The molecule has 0 aromatic heterocycles. The number of carbonyl (C=O) groups excluding carboxylic acids is 1. The molecule has 5 nitrogen and oxygen atoms in total. The predicted molar refractivity (Wildman–Crippen MR) is 59.9 cm³/mol. The van der Waals surface area contributed by atoms with Gasteiger partial charge in [0.15, 0.2) is 6.61 Å². The van der Waals surface area contributed by atoms with Gasteiger partial charge in [-0.25, -0.2) is 4.79 Å². The average molecular weight is 238 g/mol. The number of aliphatic carboxylic acids is 1. The average Bonchev–Trinajstić information content (AvgIpc) is 2.34. The summed E-state index contributed by atoms with van der Waals surface area (Å²) in [6.45, 7) is -0.360. The molecule has 0 spiro atoms. The van der Waals surface area contributed by atoms with E-state index in [2.05, 4.69) is 4.74 Å². The van der Waals surface area contributed by atoms with Crippen LogP contribution in [0.3, 0.4) is 0 Å². The van der Waals surface area contributed by atoms with Crippen molar-refractivity contribution in [3.8, 4) is 5.75 Å². The van der Waals surface area contributed by atoms with Crippen molar-refractivity contribution in [3.63, 3.8) is 0 Å². The highest BCUT2D eigenvalue weighted by molar-refractivity contribution is 5.69. The second kappa shape index (κ2) is 6.52. The lowest BCUT2D eigenvalue weighted by atomic mass is 10.1. The van der Waals surface area contributed by atoms with E-state index in [1.165, 1.54) is 7.11 Å². The van der Waals surface area contributed by atoms with E-state index < -0.39 is 5.97 Å². The summed E-state index contributed by atoms with van der Waals surface area (Å²) >= 11 is 0. The summed E-state index contributed by atoms with van der Waals surface area (Å²) in [6, 6.07) is 6.94. The molecular formula is C12H14O5. The zero-order valence-electron chi connectivity index (χ0n) is 9.51. The Balaban J connectivity index is 2.44. The Morgan fingerprint density at radius 3 is 2.41 bits per heavy atom. The molecule has 0 heterocycles. The summed E-state index contributed by atoms with van der Waals surface area (Å²) in [5.41, 5.74) is 0.970. The number of ether oxygens (including phenoxy) is 2. The first-order valence-electron chi connectivity index (χ1n) is 5.12. The molecule has 0 saturated carbocycles. The predicted octanol–water partition coefficient (Wildman–Crippen LogP) is 1.26. The minimum Gasteiger partial charge on any atom is -0.482 e. The standard InChI is InChI=1S/C12H14O5/c1-16-12(15)7-4-9-2-5-10(6-3-9)17-8-11(13)14/h2-3,5-6H,4,7-8H2,1H3,(H,13,14). The van der Waals surface area contributed by atoms with Crippen LogP contribution in [0.2, 0.25) is 0 Å². The van der Waals surface area contributed by atoms with Gasteiger partial charge in [0, 0.05) is 6.42 Å². The van der Waals surface area contributed by atoms with Gasteiger partial charge in [-0.15, -0.1) is 0 Å². The normalized spacial score (nSPS) is 9.71. The van der Waals surface area contributed by atoms with Gasteiger partial charge in [0.1, 0.15) is 5.75 Å². The summed E-state index contributed by atoms with van der Waals surface area (Å²) in [6.07, 6.45) is 0.914. The number of carboxylic acids is 1. The molecule has 92 valence electrons. The molecular weight excluding hydrogens is 224 g/mol.